The quantitative estimate of drug-likeness (QED) is 0.299. The number of hydrogen-bond acceptors (Lipinski definition) is 5. The molecule has 218 valence electrons. The van der Waals surface area contributed by atoms with E-state index in [1.165, 1.54) is 24.1 Å². The van der Waals surface area contributed by atoms with Crippen LogP contribution in [0.1, 0.15) is 38.2 Å². The summed E-state index contributed by atoms with van der Waals surface area (Å²) < 4.78 is 34.0. The Balaban J connectivity index is 1.71. The summed E-state index contributed by atoms with van der Waals surface area (Å²) in [4.78, 5) is 28.8. The predicted molar refractivity (Wildman–Crippen MR) is 161 cm³/mol. The van der Waals surface area contributed by atoms with Crippen LogP contribution in [0.3, 0.4) is 0 Å². The summed E-state index contributed by atoms with van der Waals surface area (Å²) in [5.74, 6) is -0.384. The molecule has 4 rings (SSSR count). The molecule has 1 aliphatic carbocycles. The number of sulfonamides is 1. The molecule has 0 radical (unpaired) electrons. The molecule has 1 fully saturated rings. The van der Waals surface area contributed by atoms with Gasteiger partial charge >= 0.3 is 0 Å². The first-order chi connectivity index (χ1) is 19.6. The van der Waals surface area contributed by atoms with Gasteiger partial charge in [-0.25, -0.2) is 8.42 Å². The molecule has 1 aliphatic rings. The van der Waals surface area contributed by atoms with Crippen molar-refractivity contribution in [3.63, 3.8) is 0 Å². The van der Waals surface area contributed by atoms with Crippen LogP contribution in [0.5, 0.6) is 5.75 Å². The van der Waals surface area contributed by atoms with Gasteiger partial charge in [-0.05, 0) is 68.3 Å². The van der Waals surface area contributed by atoms with Crippen molar-refractivity contribution in [2.24, 2.45) is 0 Å². The number of rotatable bonds is 11. The van der Waals surface area contributed by atoms with Crippen LogP contribution >= 0.6 is 23.2 Å². The summed E-state index contributed by atoms with van der Waals surface area (Å²) in [6.07, 6.45) is 3.82. The van der Waals surface area contributed by atoms with Crippen molar-refractivity contribution in [2.75, 3.05) is 18.0 Å². The molecule has 0 heterocycles. The van der Waals surface area contributed by atoms with Crippen molar-refractivity contribution < 1.29 is 22.7 Å². The lowest BCUT2D eigenvalue weighted by Gasteiger charge is -2.33. The molecule has 41 heavy (non-hydrogen) atoms. The number of hydrogen-bond donors (Lipinski definition) is 1. The third kappa shape index (κ3) is 7.33. The molecule has 0 bridgehead atoms. The molecule has 1 N–H and O–H groups in total. The number of nitrogens with zero attached hydrogens (tertiary/aromatic N) is 2. The van der Waals surface area contributed by atoms with E-state index in [1.807, 2.05) is 0 Å². The first kappa shape index (κ1) is 30.7. The normalized spacial score (nSPS) is 14.3. The third-order valence-corrected chi connectivity index (χ3v) is 9.73. The zero-order valence-corrected chi connectivity index (χ0v) is 25.3. The van der Waals surface area contributed by atoms with E-state index in [2.05, 4.69) is 5.32 Å². The zero-order valence-electron chi connectivity index (χ0n) is 22.9. The van der Waals surface area contributed by atoms with Gasteiger partial charge in [0.1, 0.15) is 18.3 Å². The fourth-order valence-electron chi connectivity index (χ4n) is 4.83. The summed E-state index contributed by atoms with van der Waals surface area (Å²) >= 11 is 12.9. The topological polar surface area (TPSA) is 96.0 Å². The van der Waals surface area contributed by atoms with Crippen LogP contribution in [0.2, 0.25) is 10.0 Å². The van der Waals surface area contributed by atoms with Gasteiger partial charge in [-0.1, -0.05) is 60.3 Å². The van der Waals surface area contributed by atoms with Gasteiger partial charge in [0.15, 0.2) is 0 Å². The second kappa shape index (κ2) is 13.6. The Kier molecular flexibility index (Phi) is 10.2. The Morgan fingerprint density at radius 3 is 2.15 bits per heavy atom. The summed E-state index contributed by atoms with van der Waals surface area (Å²) in [6, 6.07) is 18.4. The van der Waals surface area contributed by atoms with Crippen LogP contribution in [0.4, 0.5) is 5.69 Å². The SMILES string of the molecule is COc1ccc(N(CC(=O)N(Cc2c(Cl)cccc2Cl)[C@H](C)C(=O)NC2CCCC2)S(=O)(=O)c2ccccc2)cc1. The summed E-state index contributed by atoms with van der Waals surface area (Å²) in [5, 5.41) is 3.71. The molecule has 1 saturated carbocycles. The van der Waals surface area contributed by atoms with Gasteiger partial charge in [-0.2, -0.15) is 0 Å². The minimum absolute atomic E-state index is 0.0244. The number of amides is 2. The van der Waals surface area contributed by atoms with Gasteiger partial charge in [0.05, 0.1) is 17.7 Å². The molecule has 0 spiro atoms. The number of carbonyl (C=O) groups excluding carboxylic acids is 2. The van der Waals surface area contributed by atoms with Gasteiger partial charge < -0.3 is 15.0 Å². The molecular weight excluding hydrogens is 585 g/mol. The van der Waals surface area contributed by atoms with E-state index in [-0.39, 0.29) is 29.1 Å². The highest BCUT2D eigenvalue weighted by molar-refractivity contribution is 7.92. The van der Waals surface area contributed by atoms with E-state index in [1.54, 1.807) is 67.6 Å². The monoisotopic (exact) mass is 617 g/mol. The zero-order chi connectivity index (χ0) is 29.6. The third-order valence-electron chi connectivity index (χ3n) is 7.23. The minimum Gasteiger partial charge on any atom is -0.497 e. The van der Waals surface area contributed by atoms with E-state index in [9.17, 15) is 18.0 Å². The average Bonchev–Trinajstić information content (AvgIpc) is 3.49. The molecule has 1 atom stereocenters. The van der Waals surface area contributed by atoms with E-state index in [0.29, 0.717) is 21.4 Å². The van der Waals surface area contributed by atoms with Crippen LogP contribution in [-0.2, 0) is 26.2 Å². The minimum atomic E-state index is -4.16. The molecular formula is C30H33Cl2N3O5S. The lowest BCUT2D eigenvalue weighted by atomic mass is 10.1. The van der Waals surface area contributed by atoms with E-state index in [4.69, 9.17) is 27.9 Å². The predicted octanol–water partition coefficient (Wildman–Crippen LogP) is 5.67. The fourth-order valence-corrected chi connectivity index (χ4v) is 6.78. The van der Waals surface area contributed by atoms with E-state index in [0.717, 1.165) is 30.0 Å². The van der Waals surface area contributed by atoms with Gasteiger partial charge in [0.25, 0.3) is 10.0 Å². The molecule has 0 saturated heterocycles. The summed E-state index contributed by atoms with van der Waals surface area (Å²) in [6.45, 7) is 0.974. The Labute approximate surface area is 251 Å². The number of halogens is 2. The van der Waals surface area contributed by atoms with Crippen LogP contribution < -0.4 is 14.4 Å². The van der Waals surface area contributed by atoms with Crippen LogP contribution in [0.25, 0.3) is 0 Å². The Hall–Kier alpha value is -3.27. The van der Waals surface area contributed by atoms with Crippen molar-refractivity contribution in [1.82, 2.24) is 10.2 Å². The lowest BCUT2D eigenvalue weighted by Crippen LogP contribution is -2.52. The van der Waals surface area contributed by atoms with Crippen molar-refractivity contribution in [1.29, 1.82) is 0 Å². The number of benzene rings is 3. The highest BCUT2D eigenvalue weighted by atomic mass is 35.5. The molecule has 8 nitrogen and oxygen atoms in total. The van der Waals surface area contributed by atoms with Crippen molar-refractivity contribution in [3.05, 3.63) is 88.4 Å². The molecule has 3 aromatic carbocycles. The number of methoxy groups -OCH3 is 1. The molecule has 11 heteroatoms. The Morgan fingerprint density at radius 1 is 0.951 bits per heavy atom. The summed E-state index contributed by atoms with van der Waals surface area (Å²) in [7, 11) is -2.66. The van der Waals surface area contributed by atoms with Gasteiger partial charge in [0, 0.05) is 28.2 Å². The largest absolute Gasteiger partial charge is 0.497 e. The van der Waals surface area contributed by atoms with Gasteiger partial charge in [0.2, 0.25) is 11.8 Å². The number of carbonyl (C=O) groups is 2. The van der Waals surface area contributed by atoms with E-state index < -0.39 is 28.5 Å². The van der Waals surface area contributed by atoms with Gasteiger partial charge in [-0.15, -0.1) is 0 Å². The standard InChI is InChI=1S/C30H33Cl2N3O5S/c1-21(30(37)33-22-9-6-7-10-22)34(19-26-27(31)13-8-14-28(26)32)29(36)20-35(23-15-17-24(40-2)18-16-23)41(38,39)25-11-4-3-5-12-25/h3-5,8,11-18,21-22H,6-7,9-10,19-20H2,1-2H3,(H,33,37)/t21-/m1/s1. The maximum Gasteiger partial charge on any atom is 0.264 e. The fraction of sp³-hybridized carbons (Fsp3) is 0.333. The Morgan fingerprint density at radius 2 is 1.56 bits per heavy atom. The van der Waals surface area contributed by atoms with Crippen LogP contribution in [0, 0.1) is 0 Å². The number of nitrogens with one attached hydrogen (secondary N) is 1. The maximum atomic E-state index is 14.1. The van der Waals surface area contributed by atoms with Crippen molar-refractivity contribution >= 4 is 50.7 Å². The van der Waals surface area contributed by atoms with Crippen LogP contribution in [-0.4, -0.2) is 50.9 Å². The molecule has 0 aliphatic heterocycles. The summed E-state index contributed by atoms with van der Waals surface area (Å²) in [5.41, 5.74) is 0.730. The second-order valence-corrected chi connectivity index (χ2v) is 12.6. The van der Waals surface area contributed by atoms with Crippen molar-refractivity contribution in [2.45, 2.75) is 56.1 Å². The van der Waals surface area contributed by atoms with Gasteiger partial charge in [-0.3, -0.25) is 13.9 Å². The highest BCUT2D eigenvalue weighted by Crippen LogP contribution is 2.29. The number of ether oxygens (including phenoxy) is 1. The lowest BCUT2D eigenvalue weighted by molar-refractivity contribution is -0.139. The van der Waals surface area contributed by atoms with Crippen molar-refractivity contribution in [3.8, 4) is 5.75 Å². The molecule has 3 aromatic rings. The van der Waals surface area contributed by atoms with Crippen LogP contribution in [0.15, 0.2) is 77.7 Å². The molecule has 2 amide bonds. The first-order valence-corrected chi connectivity index (χ1v) is 15.6. The first-order valence-electron chi connectivity index (χ1n) is 13.4. The molecule has 0 unspecified atom stereocenters. The maximum absolute atomic E-state index is 14.1. The Bertz CT molecular complexity index is 1440. The molecule has 0 aromatic heterocycles. The smallest absolute Gasteiger partial charge is 0.264 e. The second-order valence-electron chi connectivity index (χ2n) is 9.91. The average molecular weight is 619 g/mol. The highest BCUT2D eigenvalue weighted by Gasteiger charge is 2.34. The van der Waals surface area contributed by atoms with E-state index >= 15 is 0 Å². The number of anilines is 1.